The smallest absolute Gasteiger partial charge is 0.191 e. The minimum Gasteiger partial charge on any atom is -0.370 e. The average molecular weight is 336 g/mol. The first-order chi connectivity index (χ1) is 11.8. The molecule has 0 aliphatic heterocycles. The zero-order valence-corrected chi connectivity index (χ0v) is 16.1. The first-order valence-corrected chi connectivity index (χ1v) is 10.9. The predicted molar refractivity (Wildman–Crippen MR) is 105 cm³/mol. The number of rotatable bonds is 9. The summed E-state index contributed by atoms with van der Waals surface area (Å²) in [6, 6.07) is 1.15. The maximum absolute atomic E-state index is 6.52. The summed E-state index contributed by atoms with van der Waals surface area (Å²) < 4.78 is 0. The highest BCUT2D eigenvalue weighted by Gasteiger charge is 2.23. The molecule has 0 radical (unpaired) electrons. The fraction of sp³-hybridized carbons (Fsp3) is 0.952. The highest BCUT2D eigenvalue weighted by Crippen LogP contribution is 2.25. The lowest BCUT2D eigenvalue weighted by Crippen LogP contribution is -2.46. The molecule has 3 heteroatoms. The van der Waals surface area contributed by atoms with E-state index < -0.39 is 0 Å². The van der Waals surface area contributed by atoms with E-state index in [-0.39, 0.29) is 0 Å². The summed E-state index contributed by atoms with van der Waals surface area (Å²) in [6.07, 6.45) is 21.4. The van der Waals surface area contributed by atoms with Gasteiger partial charge in [-0.05, 0) is 32.1 Å². The lowest BCUT2D eigenvalue weighted by Gasteiger charge is -2.36. The van der Waals surface area contributed by atoms with Gasteiger partial charge in [-0.1, -0.05) is 77.6 Å². The Morgan fingerprint density at radius 2 is 1.42 bits per heavy atom. The van der Waals surface area contributed by atoms with Crippen molar-refractivity contribution in [1.82, 2.24) is 4.90 Å². The van der Waals surface area contributed by atoms with Gasteiger partial charge in [-0.15, -0.1) is 0 Å². The molecular formula is C21H41N3. The van der Waals surface area contributed by atoms with E-state index in [1.807, 2.05) is 0 Å². The molecule has 2 rings (SSSR count). The molecule has 0 spiro atoms. The van der Waals surface area contributed by atoms with Crippen molar-refractivity contribution in [2.45, 2.75) is 122 Å². The van der Waals surface area contributed by atoms with Gasteiger partial charge in [-0.2, -0.15) is 0 Å². The second-order valence-corrected chi connectivity index (χ2v) is 8.03. The Morgan fingerprint density at radius 3 is 2.08 bits per heavy atom. The van der Waals surface area contributed by atoms with Crippen molar-refractivity contribution in [1.29, 1.82) is 0 Å². The van der Waals surface area contributed by atoms with Crippen LogP contribution in [0.2, 0.25) is 0 Å². The molecule has 0 bridgehead atoms. The van der Waals surface area contributed by atoms with Crippen LogP contribution in [-0.4, -0.2) is 29.5 Å². The predicted octanol–water partition coefficient (Wildman–Crippen LogP) is 5.63. The lowest BCUT2D eigenvalue weighted by molar-refractivity contribution is 0.235. The van der Waals surface area contributed by atoms with Crippen molar-refractivity contribution in [3.8, 4) is 0 Å². The fourth-order valence-electron chi connectivity index (χ4n) is 4.41. The molecule has 140 valence electrons. The van der Waals surface area contributed by atoms with Gasteiger partial charge in [0.25, 0.3) is 0 Å². The maximum atomic E-state index is 6.52. The SMILES string of the molecule is CCCCCCCCN(/C(N)=N\C1CCCCC1)C1CCCCC1. The molecule has 3 nitrogen and oxygen atoms in total. The standard InChI is InChI=1S/C21H41N3/c1-2-3-4-5-6-13-18-24(20-16-11-8-12-17-20)21(22)23-19-14-9-7-10-15-19/h19-20H,2-18H2,1H3,(H2,22,23). The molecule has 2 aliphatic carbocycles. The molecule has 2 saturated carbocycles. The molecule has 24 heavy (non-hydrogen) atoms. The monoisotopic (exact) mass is 335 g/mol. The molecule has 0 atom stereocenters. The summed E-state index contributed by atoms with van der Waals surface area (Å²) >= 11 is 0. The van der Waals surface area contributed by atoms with Gasteiger partial charge in [-0.3, -0.25) is 0 Å². The second-order valence-electron chi connectivity index (χ2n) is 8.03. The van der Waals surface area contributed by atoms with Crippen LogP contribution < -0.4 is 5.73 Å². The summed E-state index contributed by atoms with van der Waals surface area (Å²) in [5, 5.41) is 0. The van der Waals surface area contributed by atoms with Gasteiger partial charge in [0.1, 0.15) is 0 Å². The van der Waals surface area contributed by atoms with Crippen molar-refractivity contribution >= 4 is 5.96 Å². The van der Waals surface area contributed by atoms with Crippen LogP contribution in [0.4, 0.5) is 0 Å². The highest BCUT2D eigenvalue weighted by molar-refractivity contribution is 5.78. The van der Waals surface area contributed by atoms with E-state index in [1.54, 1.807) is 0 Å². The fourth-order valence-corrected chi connectivity index (χ4v) is 4.41. The molecule has 0 aromatic heterocycles. The topological polar surface area (TPSA) is 41.6 Å². The maximum Gasteiger partial charge on any atom is 0.191 e. The van der Waals surface area contributed by atoms with Gasteiger partial charge in [0, 0.05) is 12.6 Å². The second kappa shape index (κ2) is 11.8. The van der Waals surface area contributed by atoms with E-state index >= 15 is 0 Å². The molecule has 0 unspecified atom stereocenters. The number of hydrogen-bond donors (Lipinski definition) is 1. The van der Waals surface area contributed by atoms with E-state index in [4.69, 9.17) is 10.7 Å². The third-order valence-corrected chi connectivity index (χ3v) is 5.95. The van der Waals surface area contributed by atoms with Crippen molar-refractivity contribution in [3.05, 3.63) is 0 Å². The Kier molecular flexibility index (Phi) is 9.60. The van der Waals surface area contributed by atoms with Gasteiger partial charge in [0.15, 0.2) is 5.96 Å². The van der Waals surface area contributed by atoms with Gasteiger partial charge in [0.05, 0.1) is 6.04 Å². The lowest BCUT2D eigenvalue weighted by atomic mass is 9.94. The van der Waals surface area contributed by atoms with Crippen molar-refractivity contribution < 1.29 is 0 Å². The van der Waals surface area contributed by atoms with E-state index in [2.05, 4.69) is 11.8 Å². The molecule has 0 aromatic carbocycles. The van der Waals surface area contributed by atoms with Crippen LogP contribution >= 0.6 is 0 Å². The number of nitrogens with two attached hydrogens (primary N) is 1. The summed E-state index contributed by atoms with van der Waals surface area (Å²) in [5.74, 6) is 0.863. The van der Waals surface area contributed by atoms with Crippen LogP contribution in [-0.2, 0) is 0 Å². The Hall–Kier alpha value is -0.730. The Balaban J connectivity index is 1.85. The van der Waals surface area contributed by atoms with Crippen molar-refractivity contribution in [2.75, 3.05) is 6.54 Å². The van der Waals surface area contributed by atoms with E-state index in [0.717, 1.165) is 12.5 Å². The first-order valence-electron chi connectivity index (χ1n) is 10.9. The highest BCUT2D eigenvalue weighted by atomic mass is 15.3. The van der Waals surface area contributed by atoms with Crippen LogP contribution in [0, 0.1) is 0 Å². The van der Waals surface area contributed by atoms with Gasteiger partial charge >= 0.3 is 0 Å². The molecule has 2 N–H and O–H groups in total. The summed E-state index contributed by atoms with van der Waals surface area (Å²) in [6.45, 7) is 3.41. The van der Waals surface area contributed by atoms with Crippen LogP contribution in [0.3, 0.4) is 0 Å². The number of aliphatic imine (C=N–C) groups is 1. The molecule has 0 heterocycles. The first kappa shape index (κ1) is 19.6. The van der Waals surface area contributed by atoms with Crippen molar-refractivity contribution in [2.24, 2.45) is 10.7 Å². The number of unbranched alkanes of at least 4 members (excludes halogenated alkanes) is 5. The van der Waals surface area contributed by atoms with Gasteiger partial charge in [0.2, 0.25) is 0 Å². The Labute approximate surface area is 150 Å². The third-order valence-electron chi connectivity index (χ3n) is 5.95. The van der Waals surface area contributed by atoms with E-state index in [0.29, 0.717) is 12.1 Å². The molecule has 2 fully saturated rings. The zero-order chi connectivity index (χ0) is 17.0. The minimum atomic E-state index is 0.495. The molecule has 0 saturated heterocycles. The van der Waals surface area contributed by atoms with E-state index in [9.17, 15) is 0 Å². The summed E-state index contributed by atoms with van der Waals surface area (Å²) in [4.78, 5) is 7.45. The van der Waals surface area contributed by atoms with Gasteiger partial charge < -0.3 is 10.6 Å². The van der Waals surface area contributed by atoms with Crippen LogP contribution in [0.15, 0.2) is 4.99 Å². The van der Waals surface area contributed by atoms with Gasteiger partial charge in [-0.25, -0.2) is 4.99 Å². The number of guanidine groups is 1. The molecule has 0 aromatic rings. The number of hydrogen-bond acceptors (Lipinski definition) is 1. The summed E-state index contributed by atoms with van der Waals surface area (Å²) in [7, 11) is 0. The Morgan fingerprint density at radius 1 is 0.833 bits per heavy atom. The van der Waals surface area contributed by atoms with Crippen LogP contribution in [0.1, 0.15) is 110 Å². The minimum absolute atomic E-state index is 0.495. The van der Waals surface area contributed by atoms with E-state index in [1.165, 1.54) is 103 Å². The van der Waals surface area contributed by atoms with Crippen LogP contribution in [0.5, 0.6) is 0 Å². The summed E-state index contributed by atoms with van der Waals surface area (Å²) in [5.41, 5.74) is 6.52. The quantitative estimate of drug-likeness (QED) is 0.337. The van der Waals surface area contributed by atoms with Crippen molar-refractivity contribution in [3.63, 3.8) is 0 Å². The van der Waals surface area contributed by atoms with Crippen LogP contribution in [0.25, 0.3) is 0 Å². The zero-order valence-electron chi connectivity index (χ0n) is 16.1. The third kappa shape index (κ3) is 7.03. The Bertz CT molecular complexity index is 341. The molecular weight excluding hydrogens is 294 g/mol. The largest absolute Gasteiger partial charge is 0.370 e. The molecule has 2 aliphatic rings. The normalized spacial score (nSPS) is 21.1. The number of nitrogens with zero attached hydrogens (tertiary/aromatic N) is 2. The average Bonchev–Trinajstić information content (AvgIpc) is 2.62. The molecule has 0 amide bonds.